The van der Waals surface area contributed by atoms with Gasteiger partial charge in [-0.05, 0) is 40.2 Å². The van der Waals surface area contributed by atoms with E-state index in [4.69, 9.17) is 4.74 Å². The van der Waals surface area contributed by atoms with E-state index in [2.05, 4.69) is 20.1 Å². The van der Waals surface area contributed by atoms with Crippen LogP contribution in [0.15, 0.2) is 17.1 Å². The van der Waals surface area contributed by atoms with Crippen LogP contribution in [0, 0.1) is 6.92 Å². The Kier molecular flexibility index (Phi) is 3.68. The second kappa shape index (κ2) is 5.69. The summed E-state index contributed by atoms with van der Waals surface area (Å²) >= 11 is 0. The molecule has 3 fully saturated rings. The van der Waals surface area contributed by atoms with Crippen molar-refractivity contribution in [3.63, 3.8) is 0 Å². The van der Waals surface area contributed by atoms with Gasteiger partial charge in [0.1, 0.15) is 11.4 Å². The van der Waals surface area contributed by atoms with Crippen LogP contribution in [-0.2, 0) is 4.74 Å². The van der Waals surface area contributed by atoms with Gasteiger partial charge in [0.25, 0.3) is 5.56 Å². The molecule has 0 saturated carbocycles. The number of nitrogens with one attached hydrogen (secondary N) is 1. The highest BCUT2D eigenvalue weighted by Crippen LogP contribution is 2.35. The van der Waals surface area contributed by atoms with Crippen LogP contribution in [0.25, 0.3) is 10.8 Å². The third-order valence-corrected chi connectivity index (χ3v) is 4.97. The van der Waals surface area contributed by atoms with Crippen LogP contribution in [0.2, 0.25) is 0 Å². The number of aromatic amines is 1. The highest BCUT2D eigenvalue weighted by Gasteiger charge is 2.49. The summed E-state index contributed by atoms with van der Waals surface area (Å²) in [4.78, 5) is 32.9. The summed E-state index contributed by atoms with van der Waals surface area (Å²) in [7, 11) is 0. The Labute approximate surface area is 151 Å². The molecule has 5 heterocycles. The van der Waals surface area contributed by atoms with Crippen molar-refractivity contribution in [3.8, 4) is 0 Å². The number of aryl methyl sites for hydroxylation is 1. The number of fused-ring (bicyclic) bond motifs is 3. The monoisotopic (exact) mass is 357 g/mol. The molecule has 2 unspecified atom stereocenters. The van der Waals surface area contributed by atoms with Gasteiger partial charge in [0.15, 0.2) is 0 Å². The Hall–Kier alpha value is -2.64. The van der Waals surface area contributed by atoms with Crippen molar-refractivity contribution in [2.75, 3.05) is 18.0 Å². The summed E-state index contributed by atoms with van der Waals surface area (Å²) < 4.78 is 5.51. The lowest BCUT2D eigenvalue weighted by Gasteiger charge is -2.56. The Morgan fingerprint density at radius 1 is 1.27 bits per heavy atom. The Bertz CT molecular complexity index is 921. The molecule has 2 bridgehead atoms. The molecule has 0 radical (unpaired) electrons. The van der Waals surface area contributed by atoms with Crippen molar-refractivity contribution >= 4 is 22.7 Å². The molecule has 3 saturated heterocycles. The molecule has 0 aliphatic carbocycles. The number of anilines is 1. The van der Waals surface area contributed by atoms with Gasteiger partial charge in [0, 0.05) is 24.7 Å². The predicted octanol–water partition coefficient (Wildman–Crippen LogP) is 1.82. The molecule has 5 rings (SSSR count). The molecule has 1 N–H and O–H groups in total. The SMILES string of the molecule is Cc1n[nH]c(=O)c2cc(N3CC4CC(C3)N4C(=O)OC(C)(C)C)ncc12. The number of piperidine rings is 1. The number of carbonyl (C=O) groups excluding carboxylic acids is 1. The molecule has 0 spiro atoms. The van der Waals surface area contributed by atoms with Crippen molar-refractivity contribution in [2.24, 2.45) is 0 Å². The molecule has 8 nitrogen and oxygen atoms in total. The summed E-state index contributed by atoms with van der Waals surface area (Å²) in [5.41, 5.74) is 0.0380. The van der Waals surface area contributed by atoms with Gasteiger partial charge in [-0.15, -0.1) is 0 Å². The fourth-order valence-electron chi connectivity index (χ4n) is 3.76. The Balaban J connectivity index is 1.54. The number of hydrogen-bond acceptors (Lipinski definition) is 6. The Morgan fingerprint density at radius 3 is 2.62 bits per heavy atom. The maximum Gasteiger partial charge on any atom is 0.410 e. The number of aromatic nitrogens is 3. The van der Waals surface area contributed by atoms with E-state index < -0.39 is 5.60 Å². The minimum atomic E-state index is -0.493. The van der Waals surface area contributed by atoms with Gasteiger partial charge in [-0.3, -0.25) is 9.69 Å². The first-order valence-corrected chi connectivity index (χ1v) is 8.84. The lowest BCUT2D eigenvalue weighted by Crippen LogP contribution is -2.70. The molecule has 2 aromatic rings. The number of pyridine rings is 1. The van der Waals surface area contributed by atoms with Gasteiger partial charge in [0.05, 0.1) is 23.2 Å². The van der Waals surface area contributed by atoms with Crippen LogP contribution >= 0.6 is 0 Å². The second-order valence-corrected chi connectivity index (χ2v) is 8.06. The Morgan fingerprint density at radius 2 is 1.96 bits per heavy atom. The number of nitrogens with zero attached hydrogens (tertiary/aromatic N) is 4. The summed E-state index contributed by atoms with van der Waals surface area (Å²) in [5.74, 6) is 0.757. The number of hydrogen-bond donors (Lipinski definition) is 1. The van der Waals surface area contributed by atoms with Crippen molar-refractivity contribution < 1.29 is 9.53 Å². The van der Waals surface area contributed by atoms with Crippen molar-refractivity contribution in [1.82, 2.24) is 20.1 Å². The third-order valence-electron chi connectivity index (χ3n) is 4.97. The van der Waals surface area contributed by atoms with Crippen LogP contribution in [-0.4, -0.2) is 56.9 Å². The first-order valence-electron chi connectivity index (χ1n) is 8.84. The van der Waals surface area contributed by atoms with E-state index in [0.717, 1.165) is 23.3 Å². The number of carbonyl (C=O) groups is 1. The average Bonchev–Trinajstić information content (AvgIpc) is 2.56. The topological polar surface area (TPSA) is 91.4 Å². The molecule has 8 heteroatoms. The summed E-state index contributed by atoms with van der Waals surface area (Å²) in [6.07, 6.45) is 2.43. The van der Waals surface area contributed by atoms with Gasteiger partial charge < -0.3 is 9.64 Å². The number of H-pyrrole nitrogens is 1. The van der Waals surface area contributed by atoms with Gasteiger partial charge >= 0.3 is 6.09 Å². The molecule has 0 aromatic carbocycles. The third kappa shape index (κ3) is 2.79. The van der Waals surface area contributed by atoms with E-state index in [9.17, 15) is 9.59 Å². The molecule has 3 aliphatic rings. The standard InChI is InChI=1S/C18H23N5O3/c1-10-14-7-19-15(6-13(14)16(24)21-20-10)22-8-11-5-12(9-22)23(11)17(25)26-18(2,3)4/h6-7,11-12H,5,8-9H2,1-4H3,(H,21,24). The molecule has 1 amide bonds. The zero-order valence-electron chi connectivity index (χ0n) is 15.4. The zero-order valence-corrected chi connectivity index (χ0v) is 15.4. The number of piperazine rings is 1. The molecule has 3 aliphatic heterocycles. The number of ether oxygens (including phenoxy) is 1. The van der Waals surface area contributed by atoms with E-state index in [0.29, 0.717) is 18.5 Å². The van der Waals surface area contributed by atoms with Gasteiger partial charge in [-0.2, -0.15) is 5.10 Å². The molecule has 2 atom stereocenters. The highest BCUT2D eigenvalue weighted by molar-refractivity contribution is 5.84. The van der Waals surface area contributed by atoms with Crippen LogP contribution in [0.5, 0.6) is 0 Å². The van der Waals surface area contributed by atoms with E-state index in [1.54, 1.807) is 6.20 Å². The van der Waals surface area contributed by atoms with E-state index in [-0.39, 0.29) is 23.7 Å². The van der Waals surface area contributed by atoms with E-state index in [1.165, 1.54) is 0 Å². The molecule has 26 heavy (non-hydrogen) atoms. The zero-order chi connectivity index (χ0) is 18.6. The fourth-order valence-corrected chi connectivity index (χ4v) is 3.76. The highest BCUT2D eigenvalue weighted by atomic mass is 16.6. The number of rotatable bonds is 1. The number of amides is 1. The normalized spacial score (nSPS) is 22.3. The van der Waals surface area contributed by atoms with E-state index in [1.807, 2.05) is 38.7 Å². The largest absolute Gasteiger partial charge is 0.444 e. The summed E-state index contributed by atoms with van der Waals surface area (Å²) in [6.45, 7) is 8.85. The van der Waals surface area contributed by atoms with Crippen molar-refractivity contribution in [3.05, 3.63) is 28.3 Å². The lowest BCUT2D eigenvalue weighted by molar-refractivity contribution is -0.0380. The minimum absolute atomic E-state index is 0.124. The second-order valence-electron chi connectivity index (χ2n) is 8.06. The predicted molar refractivity (Wildman–Crippen MR) is 97.4 cm³/mol. The van der Waals surface area contributed by atoms with Crippen LogP contribution in [0.3, 0.4) is 0 Å². The van der Waals surface area contributed by atoms with Crippen LogP contribution in [0.1, 0.15) is 32.9 Å². The van der Waals surface area contributed by atoms with Crippen LogP contribution in [0.4, 0.5) is 10.6 Å². The van der Waals surface area contributed by atoms with Crippen molar-refractivity contribution in [2.45, 2.75) is 51.8 Å². The molecule has 138 valence electrons. The maximum absolute atomic E-state index is 12.4. The first kappa shape index (κ1) is 16.8. The minimum Gasteiger partial charge on any atom is -0.444 e. The van der Waals surface area contributed by atoms with E-state index >= 15 is 0 Å². The maximum atomic E-state index is 12.4. The van der Waals surface area contributed by atoms with Gasteiger partial charge in [-0.1, -0.05) is 0 Å². The lowest BCUT2D eigenvalue weighted by atomic mass is 9.88. The first-order chi connectivity index (χ1) is 12.2. The van der Waals surface area contributed by atoms with Crippen LogP contribution < -0.4 is 10.5 Å². The fraction of sp³-hybridized carbons (Fsp3) is 0.556. The molecular weight excluding hydrogens is 334 g/mol. The van der Waals surface area contributed by atoms with Crippen molar-refractivity contribution in [1.29, 1.82) is 0 Å². The molecule has 2 aromatic heterocycles. The summed E-state index contributed by atoms with van der Waals surface area (Å²) in [6, 6.07) is 2.06. The average molecular weight is 357 g/mol. The smallest absolute Gasteiger partial charge is 0.410 e. The molecular formula is C18H23N5O3. The summed E-state index contributed by atoms with van der Waals surface area (Å²) in [5, 5.41) is 7.84. The van der Waals surface area contributed by atoms with Gasteiger partial charge in [-0.25, -0.2) is 14.9 Å². The van der Waals surface area contributed by atoms with Gasteiger partial charge in [0.2, 0.25) is 0 Å². The quantitative estimate of drug-likeness (QED) is 0.837.